The molecule has 0 aromatic heterocycles. The molecule has 0 bridgehead atoms. The van der Waals surface area contributed by atoms with E-state index in [1.807, 2.05) is 4.90 Å². The van der Waals surface area contributed by atoms with Crippen LogP contribution in [-0.4, -0.2) is 59.5 Å². The lowest BCUT2D eigenvalue weighted by Gasteiger charge is -2.34. The van der Waals surface area contributed by atoms with Crippen LogP contribution in [0.4, 0.5) is 0 Å². The first-order chi connectivity index (χ1) is 9.06. The van der Waals surface area contributed by atoms with Crippen LogP contribution in [0.5, 0.6) is 0 Å². The molecule has 2 aliphatic rings. The SMILES string of the molecule is CC1CCCN(CC(=O)N2CCC(C(=O)O)CC2)C1. The summed E-state index contributed by atoms with van der Waals surface area (Å²) in [6, 6.07) is 0. The number of rotatable bonds is 3. The van der Waals surface area contributed by atoms with Crippen LogP contribution in [0.2, 0.25) is 0 Å². The number of hydrogen-bond acceptors (Lipinski definition) is 3. The molecule has 1 atom stereocenters. The fourth-order valence-corrected chi connectivity index (χ4v) is 3.10. The minimum atomic E-state index is -0.725. The van der Waals surface area contributed by atoms with Crippen LogP contribution in [0.1, 0.15) is 32.6 Å². The fraction of sp³-hybridized carbons (Fsp3) is 0.857. The second-order valence-corrected chi connectivity index (χ2v) is 5.98. The van der Waals surface area contributed by atoms with E-state index >= 15 is 0 Å². The molecule has 5 heteroatoms. The zero-order chi connectivity index (χ0) is 13.8. The van der Waals surface area contributed by atoms with Crippen molar-refractivity contribution in [2.45, 2.75) is 32.6 Å². The quantitative estimate of drug-likeness (QED) is 0.831. The Morgan fingerprint density at radius 3 is 2.42 bits per heavy atom. The first-order valence-electron chi connectivity index (χ1n) is 7.29. The van der Waals surface area contributed by atoms with Gasteiger partial charge >= 0.3 is 5.97 Å². The van der Waals surface area contributed by atoms with Crippen molar-refractivity contribution in [3.05, 3.63) is 0 Å². The summed E-state index contributed by atoms with van der Waals surface area (Å²) in [6.45, 7) is 5.95. The molecule has 2 rings (SSSR count). The monoisotopic (exact) mass is 268 g/mol. The van der Waals surface area contributed by atoms with Gasteiger partial charge in [-0.2, -0.15) is 0 Å². The number of carboxylic acids is 1. The predicted octanol–water partition coefficient (Wildman–Crippen LogP) is 1.04. The van der Waals surface area contributed by atoms with Gasteiger partial charge in [-0.05, 0) is 38.1 Å². The molecule has 0 aliphatic carbocycles. The Hall–Kier alpha value is -1.10. The van der Waals surface area contributed by atoms with Gasteiger partial charge in [0.1, 0.15) is 0 Å². The number of likely N-dealkylation sites (tertiary alicyclic amines) is 2. The standard InChI is InChI=1S/C14H24N2O3/c1-11-3-2-6-15(9-11)10-13(17)16-7-4-12(5-8-16)14(18)19/h11-12H,2-10H2,1H3,(H,18,19). The maximum absolute atomic E-state index is 12.2. The minimum Gasteiger partial charge on any atom is -0.481 e. The van der Waals surface area contributed by atoms with E-state index in [4.69, 9.17) is 5.11 Å². The van der Waals surface area contributed by atoms with Crippen molar-refractivity contribution in [1.82, 2.24) is 9.80 Å². The molecule has 0 radical (unpaired) electrons. The second-order valence-electron chi connectivity index (χ2n) is 5.98. The molecule has 0 saturated carbocycles. The highest BCUT2D eigenvalue weighted by atomic mass is 16.4. The molecule has 2 saturated heterocycles. The van der Waals surface area contributed by atoms with Crippen molar-refractivity contribution in [1.29, 1.82) is 0 Å². The van der Waals surface area contributed by atoms with Crippen LogP contribution >= 0.6 is 0 Å². The van der Waals surface area contributed by atoms with Crippen molar-refractivity contribution in [3.63, 3.8) is 0 Å². The molecule has 1 N–H and O–H groups in total. The molecule has 108 valence electrons. The van der Waals surface area contributed by atoms with Crippen LogP contribution in [0, 0.1) is 11.8 Å². The van der Waals surface area contributed by atoms with Gasteiger partial charge in [-0.3, -0.25) is 14.5 Å². The van der Waals surface area contributed by atoms with E-state index in [-0.39, 0.29) is 11.8 Å². The molecule has 0 spiro atoms. The zero-order valence-electron chi connectivity index (χ0n) is 11.7. The molecule has 2 heterocycles. The van der Waals surface area contributed by atoms with Crippen LogP contribution in [-0.2, 0) is 9.59 Å². The normalized spacial score (nSPS) is 26.4. The number of nitrogens with zero attached hydrogens (tertiary/aromatic N) is 2. The number of hydrogen-bond donors (Lipinski definition) is 1. The summed E-state index contributed by atoms with van der Waals surface area (Å²) in [4.78, 5) is 27.1. The Morgan fingerprint density at radius 2 is 1.84 bits per heavy atom. The van der Waals surface area contributed by atoms with E-state index in [9.17, 15) is 9.59 Å². The lowest BCUT2D eigenvalue weighted by molar-refractivity contribution is -0.146. The summed E-state index contributed by atoms with van der Waals surface area (Å²) >= 11 is 0. The van der Waals surface area contributed by atoms with Crippen molar-refractivity contribution in [2.24, 2.45) is 11.8 Å². The van der Waals surface area contributed by atoms with Gasteiger partial charge in [-0.25, -0.2) is 0 Å². The summed E-state index contributed by atoms with van der Waals surface area (Å²) in [5.41, 5.74) is 0. The average Bonchev–Trinajstić information content (AvgIpc) is 2.39. The maximum atomic E-state index is 12.2. The molecular formula is C14H24N2O3. The summed E-state index contributed by atoms with van der Waals surface area (Å²) in [6.07, 6.45) is 3.62. The van der Waals surface area contributed by atoms with Gasteiger partial charge in [0.15, 0.2) is 0 Å². The average molecular weight is 268 g/mol. The number of carbonyl (C=O) groups excluding carboxylic acids is 1. The second kappa shape index (κ2) is 6.37. The Labute approximate surface area is 114 Å². The Kier molecular flexibility index (Phi) is 4.80. The van der Waals surface area contributed by atoms with Crippen LogP contribution in [0.15, 0.2) is 0 Å². The summed E-state index contributed by atoms with van der Waals surface area (Å²) in [5.74, 6) is -0.145. The van der Waals surface area contributed by atoms with Gasteiger partial charge in [0.25, 0.3) is 0 Å². The zero-order valence-corrected chi connectivity index (χ0v) is 11.7. The maximum Gasteiger partial charge on any atom is 0.306 e. The highest BCUT2D eigenvalue weighted by Gasteiger charge is 2.28. The fourth-order valence-electron chi connectivity index (χ4n) is 3.10. The topological polar surface area (TPSA) is 60.9 Å². The van der Waals surface area contributed by atoms with Crippen molar-refractivity contribution in [3.8, 4) is 0 Å². The highest BCUT2D eigenvalue weighted by Crippen LogP contribution is 2.19. The predicted molar refractivity (Wildman–Crippen MR) is 71.8 cm³/mol. The van der Waals surface area contributed by atoms with E-state index in [1.165, 1.54) is 12.8 Å². The third kappa shape index (κ3) is 3.93. The molecule has 0 aromatic carbocycles. The molecule has 1 amide bonds. The van der Waals surface area contributed by atoms with Gasteiger partial charge in [0, 0.05) is 19.6 Å². The van der Waals surface area contributed by atoms with Gasteiger partial charge < -0.3 is 10.0 Å². The molecule has 5 nitrogen and oxygen atoms in total. The van der Waals surface area contributed by atoms with E-state index in [1.54, 1.807) is 0 Å². The van der Waals surface area contributed by atoms with E-state index in [0.717, 1.165) is 13.1 Å². The molecule has 2 aliphatic heterocycles. The molecule has 2 fully saturated rings. The number of carbonyl (C=O) groups is 2. The molecule has 1 unspecified atom stereocenters. The number of amides is 1. The highest BCUT2D eigenvalue weighted by molar-refractivity contribution is 5.79. The van der Waals surface area contributed by atoms with Crippen LogP contribution in [0.25, 0.3) is 0 Å². The third-order valence-electron chi connectivity index (χ3n) is 4.30. The molecular weight excluding hydrogens is 244 g/mol. The summed E-state index contributed by atoms with van der Waals surface area (Å²) in [7, 11) is 0. The largest absolute Gasteiger partial charge is 0.481 e. The van der Waals surface area contributed by atoms with Gasteiger partial charge in [0.05, 0.1) is 12.5 Å². The lowest BCUT2D eigenvalue weighted by atomic mass is 9.97. The summed E-state index contributed by atoms with van der Waals surface area (Å²) in [5, 5.41) is 8.94. The van der Waals surface area contributed by atoms with Crippen molar-refractivity contribution >= 4 is 11.9 Å². The first kappa shape index (κ1) is 14.3. The number of aliphatic carboxylic acids is 1. The van der Waals surface area contributed by atoms with E-state index in [0.29, 0.717) is 38.4 Å². The molecule has 0 aromatic rings. The third-order valence-corrected chi connectivity index (χ3v) is 4.30. The van der Waals surface area contributed by atoms with Crippen LogP contribution < -0.4 is 0 Å². The van der Waals surface area contributed by atoms with Gasteiger partial charge in [-0.1, -0.05) is 6.92 Å². The number of piperidine rings is 2. The first-order valence-corrected chi connectivity index (χ1v) is 7.29. The van der Waals surface area contributed by atoms with Crippen molar-refractivity contribution in [2.75, 3.05) is 32.7 Å². The Balaban J connectivity index is 1.76. The van der Waals surface area contributed by atoms with Crippen molar-refractivity contribution < 1.29 is 14.7 Å². The van der Waals surface area contributed by atoms with E-state index in [2.05, 4.69) is 11.8 Å². The minimum absolute atomic E-state index is 0.165. The summed E-state index contributed by atoms with van der Waals surface area (Å²) < 4.78 is 0. The van der Waals surface area contributed by atoms with E-state index < -0.39 is 5.97 Å². The van der Waals surface area contributed by atoms with Crippen LogP contribution in [0.3, 0.4) is 0 Å². The molecule has 19 heavy (non-hydrogen) atoms. The smallest absolute Gasteiger partial charge is 0.306 e. The lowest BCUT2D eigenvalue weighted by Crippen LogP contribution is -2.47. The Morgan fingerprint density at radius 1 is 1.16 bits per heavy atom. The van der Waals surface area contributed by atoms with Gasteiger partial charge in [-0.15, -0.1) is 0 Å². The Bertz CT molecular complexity index is 338. The van der Waals surface area contributed by atoms with Gasteiger partial charge in [0.2, 0.25) is 5.91 Å². The number of carboxylic acid groups (broad SMARTS) is 1.